The molecule has 0 aromatic heterocycles. The van der Waals surface area contributed by atoms with Crippen molar-refractivity contribution in [2.24, 2.45) is 29.6 Å². The topological polar surface area (TPSA) is 64.3 Å². The van der Waals surface area contributed by atoms with Crippen molar-refractivity contribution in [2.75, 3.05) is 12.8 Å². The molecule has 21 heavy (non-hydrogen) atoms. The Hall–Kier alpha value is -1.71. The van der Waals surface area contributed by atoms with Crippen LogP contribution in [0.25, 0.3) is 0 Å². The molecule has 4 unspecified atom stereocenters. The molecule has 2 bridgehead atoms. The molecule has 1 aromatic rings. The van der Waals surface area contributed by atoms with Crippen molar-refractivity contribution in [3.05, 3.63) is 23.8 Å². The summed E-state index contributed by atoms with van der Waals surface area (Å²) in [5, 5.41) is 3.09. The Labute approximate surface area is 125 Å². The van der Waals surface area contributed by atoms with Gasteiger partial charge in [-0.15, -0.1) is 0 Å². The average Bonchev–Trinajstić information content (AvgIpc) is 2.93. The van der Waals surface area contributed by atoms with Gasteiger partial charge in [0.25, 0.3) is 0 Å². The van der Waals surface area contributed by atoms with E-state index in [2.05, 4.69) is 5.32 Å². The molecule has 3 N–H and O–H groups in total. The molecule has 112 valence electrons. The van der Waals surface area contributed by atoms with Crippen LogP contribution in [0.1, 0.15) is 24.8 Å². The Morgan fingerprint density at radius 3 is 2.67 bits per heavy atom. The lowest BCUT2D eigenvalue weighted by Gasteiger charge is -2.11. The van der Waals surface area contributed by atoms with Gasteiger partial charge in [-0.05, 0) is 60.6 Å². The van der Waals surface area contributed by atoms with E-state index in [9.17, 15) is 4.79 Å². The Morgan fingerprint density at radius 1 is 1.33 bits per heavy atom. The van der Waals surface area contributed by atoms with Crippen molar-refractivity contribution < 1.29 is 9.53 Å². The first-order valence-corrected chi connectivity index (χ1v) is 7.89. The third kappa shape index (κ3) is 2.00. The minimum atomic E-state index is 0.246. The molecule has 4 nitrogen and oxygen atoms in total. The molecule has 0 saturated heterocycles. The van der Waals surface area contributed by atoms with Crippen molar-refractivity contribution in [3.63, 3.8) is 0 Å². The maximum atomic E-state index is 12.4. The minimum absolute atomic E-state index is 0.246. The second-order valence-electron chi connectivity index (χ2n) is 6.81. The molecule has 0 aliphatic heterocycles. The van der Waals surface area contributed by atoms with Gasteiger partial charge >= 0.3 is 0 Å². The normalized spacial score (nSPS) is 35.4. The first-order chi connectivity index (χ1) is 10.2. The van der Waals surface area contributed by atoms with E-state index in [4.69, 9.17) is 10.5 Å². The zero-order chi connectivity index (χ0) is 14.6. The number of carbonyl (C=O) groups excluding carboxylic acids is 1. The summed E-state index contributed by atoms with van der Waals surface area (Å²) in [6.07, 6.45) is 4.09. The lowest BCUT2D eigenvalue weighted by Crippen LogP contribution is -2.27. The lowest BCUT2D eigenvalue weighted by molar-refractivity contribution is -0.123. The Balaban J connectivity index is 1.35. The summed E-state index contributed by atoms with van der Waals surface area (Å²) in [6.45, 7) is 0.554. The number of fused-ring (bicyclic) bond motifs is 5. The van der Waals surface area contributed by atoms with E-state index in [0.29, 0.717) is 35.7 Å². The number of benzene rings is 1. The molecule has 3 aliphatic carbocycles. The van der Waals surface area contributed by atoms with Crippen molar-refractivity contribution in [3.8, 4) is 5.75 Å². The molecule has 4 rings (SSSR count). The fraction of sp³-hybridized carbons (Fsp3) is 0.588. The van der Waals surface area contributed by atoms with E-state index in [1.165, 1.54) is 19.3 Å². The van der Waals surface area contributed by atoms with Crippen LogP contribution in [0.4, 0.5) is 5.69 Å². The first kappa shape index (κ1) is 13.0. The molecule has 0 spiro atoms. The van der Waals surface area contributed by atoms with E-state index >= 15 is 0 Å². The first-order valence-electron chi connectivity index (χ1n) is 7.89. The van der Waals surface area contributed by atoms with E-state index in [0.717, 1.165) is 17.4 Å². The number of hydrogen-bond donors (Lipinski definition) is 2. The minimum Gasteiger partial charge on any atom is -0.495 e. The largest absolute Gasteiger partial charge is 0.495 e. The van der Waals surface area contributed by atoms with E-state index in [-0.39, 0.29) is 5.91 Å². The van der Waals surface area contributed by atoms with Crippen LogP contribution in [0.2, 0.25) is 0 Å². The third-order valence-electron chi connectivity index (χ3n) is 5.80. The zero-order valence-corrected chi connectivity index (χ0v) is 12.3. The van der Waals surface area contributed by atoms with Crippen LogP contribution in [0, 0.1) is 29.6 Å². The number of carbonyl (C=O) groups is 1. The molecule has 3 fully saturated rings. The van der Waals surface area contributed by atoms with Crippen molar-refractivity contribution in [1.29, 1.82) is 0 Å². The van der Waals surface area contributed by atoms with E-state index in [1.807, 2.05) is 18.2 Å². The average molecular weight is 286 g/mol. The van der Waals surface area contributed by atoms with E-state index in [1.54, 1.807) is 7.11 Å². The van der Waals surface area contributed by atoms with Gasteiger partial charge in [-0.2, -0.15) is 0 Å². The highest BCUT2D eigenvalue weighted by atomic mass is 16.5. The fourth-order valence-corrected chi connectivity index (χ4v) is 4.88. The quantitative estimate of drug-likeness (QED) is 0.834. The Kier molecular flexibility index (Phi) is 2.88. The van der Waals surface area contributed by atoms with E-state index < -0.39 is 0 Å². The summed E-state index contributed by atoms with van der Waals surface area (Å²) in [5.74, 6) is 4.30. The van der Waals surface area contributed by atoms with Gasteiger partial charge in [0.1, 0.15) is 5.75 Å². The lowest BCUT2D eigenvalue weighted by atomic mass is 10.0. The predicted octanol–water partition coefficient (Wildman–Crippen LogP) is 2.19. The summed E-state index contributed by atoms with van der Waals surface area (Å²) in [6, 6.07) is 5.67. The summed E-state index contributed by atoms with van der Waals surface area (Å²) >= 11 is 0. The van der Waals surface area contributed by atoms with Crippen molar-refractivity contribution in [1.82, 2.24) is 5.32 Å². The number of anilines is 1. The molecule has 4 atom stereocenters. The van der Waals surface area contributed by atoms with Gasteiger partial charge in [-0.3, -0.25) is 4.79 Å². The molecule has 3 saturated carbocycles. The van der Waals surface area contributed by atoms with Crippen molar-refractivity contribution in [2.45, 2.75) is 25.8 Å². The summed E-state index contributed by atoms with van der Waals surface area (Å²) < 4.78 is 5.14. The number of nitrogens with two attached hydrogens (primary N) is 1. The van der Waals surface area contributed by atoms with Crippen LogP contribution < -0.4 is 15.8 Å². The molecule has 4 heteroatoms. The van der Waals surface area contributed by atoms with Crippen LogP contribution in [-0.4, -0.2) is 13.0 Å². The number of rotatable bonds is 4. The monoisotopic (exact) mass is 286 g/mol. The molecule has 0 heterocycles. The summed E-state index contributed by atoms with van der Waals surface area (Å²) in [5.41, 5.74) is 7.53. The van der Waals surface area contributed by atoms with Gasteiger partial charge in [0.05, 0.1) is 12.8 Å². The highest BCUT2D eigenvalue weighted by Gasteiger charge is 2.67. The van der Waals surface area contributed by atoms with Gasteiger partial charge in [-0.25, -0.2) is 0 Å². The maximum Gasteiger partial charge on any atom is 0.223 e. The Morgan fingerprint density at radius 2 is 2.05 bits per heavy atom. The second kappa shape index (κ2) is 4.65. The SMILES string of the molecule is COc1ccc(CNC(=O)C2C3C4CCC(C4)C23)cc1N. The highest BCUT2D eigenvalue weighted by molar-refractivity contribution is 5.82. The van der Waals surface area contributed by atoms with Gasteiger partial charge < -0.3 is 15.8 Å². The van der Waals surface area contributed by atoms with Crippen molar-refractivity contribution >= 4 is 11.6 Å². The predicted molar refractivity (Wildman–Crippen MR) is 80.6 cm³/mol. The number of amides is 1. The van der Waals surface area contributed by atoms with Crippen LogP contribution in [0.15, 0.2) is 18.2 Å². The number of nitrogen functional groups attached to an aromatic ring is 1. The molecular formula is C17H22N2O2. The van der Waals surface area contributed by atoms with Gasteiger partial charge in [-0.1, -0.05) is 6.07 Å². The van der Waals surface area contributed by atoms with Crippen LogP contribution in [0.3, 0.4) is 0 Å². The Bertz CT molecular complexity index is 570. The highest BCUT2D eigenvalue weighted by Crippen LogP contribution is 2.69. The smallest absolute Gasteiger partial charge is 0.223 e. The second-order valence-corrected chi connectivity index (χ2v) is 6.81. The zero-order valence-electron chi connectivity index (χ0n) is 12.3. The summed E-state index contributed by atoms with van der Waals surface area (Å²) in [7, 11) is 1.60. The van der Waals surface area contributed by atoms with Crippen LogP contribution in [-0.2, 0) is 11.3 Å². The van der Waals surface area contributed by atoms with Gasteiger partial charge in [0.15, 0.2) is 0 Å². The molecule has 1 amide bonds. The number of hydrogen-bond acceptors (Lipinski definition) is 3. The number of ether oxygens (including phenoxy) is 1. The molecule has 1 aromatic carbocycles. The van der Waals surface area contributed by atoms with Crippen LogP contribution in [0.5, 0.6) is 5.75 Å². The number of nitrogens with one attached hydrogen (secondary N) is 1. The number of methoxy groups -OCH3 is 1. The third-order valence-corrected chi connectivity index (χ3v) is 5.80. The molecular weight excluding hydrogens is 264 g/mol. The summed E-state index contributed by atoms with van der Waals surface area (Å²) in [4.78, 5) is 12.4. The maximum absolute atomic E-state index is 12.4. The van der Waals surface area contributed by atoms with Gasteiger partial charge in [0, 0.05) is 12.5 Å². The molecule has 3 aliphatic rings. The fourth-order valence-electron chi connectivity index (χ4n) is 4.88. The van der Waals surface area contributed by atoms with Crippen LogP contribution >= 0.6 is 0 Å². The standard InChI is InChI=1S/C17H22N2O2/c1-21-13-5-2-9(6-12(13)18)8-19-17(20)16-14-10-3-4-11(7-10)15(14)16/h2,5-6,10-11,14-16H,3-4,7-8,18H2,1H3,(H,19,20). The molecule has 0 radical (unpaired) electrons. The van der Waals surface area contributed by atoms with Gasteiger partial charge in [0.2, 0.25) is 5.91 Å².